The molecule has 2 heterocycles. The molecule has 2 aromatic heterocycles. The van der Waals surface area contributed by atoms with Crippen LogP contribution in [0.25, 0.3) is 5.69 Å². The number of aryl methyl sites for hydroxylation is 1. The molecule has 5 heteroatoms. The van der Waals surface area contributed by atoms with E-state index in [1.54, 1.807) is 18.5 Å². The van der Waals surface area contributed by atoms with Crippen molar-refractivity contribution in [1.29, 1.82) is 0 Å². The maximum atomic E-state index is 11.4. The summed E-state index contributed by atoms with van der Waals surface area (Å²) < 4.78 is 6.62. The number of ether oxygens (including phenoxy) is 1. The van der Waals surface area contributed by atoms with Gasteiger partial charge in [-0.05, 0) is 18.6 Å². The molecule has 18 heavy (non-hydrogen) atoms. The minimum atomic E-state index is -0.436. The van der Waals surface area contributed by atoms with Crippen LogP contribution in [-0.2, 0) is 11.2 Å². The SMILES string of the molecule is CCCc1nccn1-c1ccnc(C(=O)OC)c1. The van der Waals surface area contributed by atoms with Crippen LogP contribution in [0.3, 0.4) is 0 Å². The lowest BCUT2D eigenvalue weighted by Gasteiger charge is -2.07. The molecule has 2 rings (SSSR count). The Morgan fingerprint density at radius 3 is 2.94 bits per heavy atom. The van der Waals surface area contributed by atoms with E-state index in [4.69, 9.17) is 0 Å². The zero-order valence-corrected chi connectivity index (χ0v) is 10.5. The predicted molar refractivity (Wildman–Crippen MR) is 66.7 cm³/mol. The highest BCUT2D eigenvalue weighted by Gasteiger charge is 2.10. The standard InChI is InChI=1S/C13H15N3O2/c1-3-4-12-15-7-8-16(12)10-5-6-14-11(9-10)13(17)18-2/h5-9H,3-4H2,1-2H3. The number of esters is 1. The van der Waals surface area contributed by atoms with Gasteiger partial charge in [-0.15, -0.1) is 0 Å². The van der Waals surface area contributed by atoms with Crippen LogP contribution in [0.1, 0.15) is 29.7 Å². The fourth-order valence-corrected chi connectivity index (χ4v) is 1.76. The Balaban J connectivity index is 2.38. The molecule has 0 saturated heterocycles. The number of hydrogen-bond donors (Lipinski definition) is 0. The first-order chi connectivity index (χ1) is 8.76. The van der Waals surface area contributed by atoms with Crippen molar-refractivity contribution in [2.24, 2.45) is 0 Å². The first-order valence-corrected chi connectivity index (χ1v) is 5.83. The summed E-state index contributed by atoms with van der Waals surface area (Å²) in [5.41, 5.74) is 1.16. The largest absolute Gasteiger partial charge is 0.464 e. The Bertz CT molecular complexity index is 549. The molecule has 0 N–H and O–H groups in total. The molecule has 0 unspecified atom stereocenters. The fourth-order valence-electron chi connectivity index (χ4n) is 1.76. The molecule has 0 bridgehead atoms. The van der Waals surface area contributed by atoms with Gasteiger partial charge in [-0.25, -0.2) is 14.8 Å². The van der Waals surface area contributed by atoms with Gasteiger partial charge in [-0.2, -0.15) is 0 Å². The van der Waals surface area contributed by atoms with Gasteiger partial charge in [0.1, 0.15) is 11.5 Å². The van der Waals surface area contributed by atoms with Crippen molar-refractivity contribution >= 4 is 5.97 Å². The number of carbonyl (C=O) groups is 1. The van der Waals surface area contributed by atoms with Gasteiger partial charge >= 0.3 is 5.97 Å². The van der Waals surface area contributed by atoms with E-state index in [1.807, 2.05) is 16.8 Å². The van der Waals surface area contributed by atoms with E-state index in [1.165, 1.54) is 7.11 Å². The van der Waals surface area contributed by atoms with Crippen LogP contribution in [-0.4, -0.2) is 27.6 Å². The molecule has 0 aliphatic rings. The van der Waals surface area contributed by atoms with Crippen molar-refractivity contribution in [2.45, 2.75) is 19.8 Å². The second-order valence-corrected chi connectivity index (χ2v) is 3.85. The van der Waals surface area contributed by atoms with E-state index in [-0.39, 0.29) is 0 Å². The molecule has 0 spiro atoms. The number of imidazole rings is 1. The summed E-state index contributed by atoms with van der Waals surface area (Å²) in [6.45, 7) is 2.10. The highest BCUT2D eigenvalue weighted by atomic mass is 16.5. The molecule has 0 saturated carbocycles. The second kappa shape index (κ2) is 5.44. The number of rotatable bonds is 4. The highest BCUT2D eigenvalue weighted by molar-refractivity contribution is 5.87. The summed E-state index contributed by atoms with van der Waals surface area (Å²) in [7, 11) is 1.34. The summed E-state index contributed by atoms with van der Waals surface area (Å²) >= 11 is 0. The van der Waals surface area contributed by atoms with Gasteiger partial charge in [-0.1, -0.05) is 6.92 Å². The van der Waals surface area contributed by atoms with Crippen molar-refractivity contribution in [2.75, 3.05) is 7.11 Å². The summed E-state index contributed by atoms with van der Waals surface area (Å²) in [5, 5.41) is 0. The van der Waals surface area contributed by atoms with Crippen LogP contribution >= 0.6 is 0 Å². The minimum absolute atomic E-state index is 0.297. The van der Waals surface area contributed by atoms with E-state index >= 15 is 0 Å². The Kier molecular flexibility index (Phi) is 3.72. The number of pyridine rings is 1. The lowest BCUT2D eigenvalue weighted by Crippen LogP contribution is -2.06. The molecule has 0 aromatic carbocycles. The average Bonchev–Trinajstić information content (AvgIpc) is 2.87. The third kappa shape index (κ3) is 2.40. The smallest absolute Gasteiger partial charge is 0.356 e. The van der Waals surface area contributed by atoms with Crippen LogP contribution in [0.5, 0.6) is 0 Å². The van der Waals surface area contributed by atoms with Gasteiger partial charge in [0.2, 0.25) is 0 Å². The molecular weight excluding hydrogens is 230 g/mol. The summed E-state index contributed by atoms with van der Waals surface area (Å²) in [4.78, 5) is 19.7. The third-order valence-corrected chi connectivity index (χ3v) is 2.61. The van der Waals surface area contributed by atoms with E-state index in [2.05, 4.69) is 21.6 Å². The topological polar surface area (TPSA) is 57.0 Å². The first-order valence-electron chi connectivity index (χ1n) is 5.83. The van der Waals surface area contributed by atoms with Gasteiger partial charge in [-0.3, -0.25) is 0 Å². The Hall–Kier alpha value is -2.17. The predicted octanol–water partition coefficient (Wildman–Crippen LogP) is 2.01. The van der Waals surface area contributed by atoms with Gasteiger partial charge in [0.05, 0.1) is 12.8 Å². The zero-order chi connectivity index (χ0) is 13.0. The lowest BCUT2D eigenvalue weighted by molar-refractivity contribution is 0.0594. The molecule has 2 aromatic rings. The minimum Gasteiger partial charge on any atom is -0.464 e. The first kappa shape index (κ1) is 12.3. The van der Waals surface area contributed by atoms with E-state index in [0.29, 0.717) is 5.69 Å². The quantitative estimate of drug-likeness (QED) is 0.773. The van der Waals surface area contributed by atoms with Crippen LogP contribution in [0, 0.1) is 0 Å². The highest BCUT2D eigenvalue weighted by Crippen LogP contribution is 2.13. The zero-order valence-electron chi connectivity index (χ0n) is 10.5. The molecule has 5 nitrogen and oxygen atoms in total. The Morgan fingerprint density at radius 1 is 1.39 bits per heavy atom. The molecule has 94 valence electrons. The maximum Gasteiger partial charge on any atom is 0.356 e. The van der Waals surface area contributed by atoms with Gasteiger partial charge in [0.15, 0.2) is 0 Å². The third-order valence-electron chi connectivity index (χ3n) is 2.61. The molecule has 0 aliphatic heterocycles. The average molecular weight is 245 g/mol. The van der Waals surface area contributed by atoms with E-state index < -0.39 is 5.97 Å². The number of methoxy groups -OCH3 is 1. The summed E-state index contributed by atoms with van der Waals surface area (Å²) in [6.07, 6.45) is 7.14. The summed E-state index contributed by atoms with van der Waals surface area (Å²) in [5.74, 6) is 0.536. The van der Waals surface area contributed by atoms with Crippen LogP contribution in [0.4, 0.5) is 0 Å². The van der Waals surface area contributed by atoms with Crippen LogP contribution in [0.15, 0.2) is 30.7 Å². The van der Waals surface area contributed by atoms with E-state index in [0.717, 1.165) is 24.4 Å². The molecule has 0 atom stereocenters. The van der Waals surface area contributed by atoms with Crippen molar-refractivity contribution in [1.82, 2.24) is 14.5 Å². The van der Waals surface area contributed by atoms with Crippen molar-refractivity contribution in [3.05, 3.63) is 42.2 Å². The van der Waals surface area contributed by atoms with Gasteiger partial charge in [0, 0.05) is 25.0 Å². The molecule has 0 radical (unpaired) electrons. The van der Waals surface area contributed by atoms with Crippen molar-refractivity contribution in [3.8, 4) is 5.69 Å². The maximum absolute atomic E-state index is 11.4. The number of aromatic nitrogens is 3. The molecule has 0 amide bonds. The van der Waals surface area contributed by atoms with Crippen LogP contribution in [0.2, 0.25) is 0 Å². The number of nitrogens with zero attached hydrogens (tertiary/aromatic N) is 3. The Labute approximate surface area is 105 Å². The number of carbonyl (C=O) groups excluding carboxylic acids is 1. The molecule has 0 aliphatic carbocycles. The monoisotopic (exact) mass is 245 g/mol. The van der Waals surface area contributed by atoms with Crippen molar-refractivity contribution in [3.63, 3.8) is 0 Å². The molecular formula is C13H15N3O2. The van der Waals surface area contributed by atoms with E-state index in [9.17, 15) is 4.79 Å². The second-order valence-electron chi connectivity index (χ2n) is 3.85. The number of hydrogen-bond acceptors (Lipinski definition) is 4. The fraction of sp³-hybridized carbons (Fsp3) is 0.308. The van der Waals surface area contributed by atoms with Crippen molar-refractivity contribution < 1.29 is 9.53 Å². The normalized spacial score (nSPS) is 10.3. The van der Waals surface area contributed by atoms with Gasteiger partial charge in [0.25, 0.3) is 0 Å². The Morgan fingerprint density at radius 2 is 2.22 bits per heavy atom. The van der Waals surface area contributed by atoms with Gasteiger partial charge < -0.3 is 9.30 Å². The lowest BCUT2D eigenvalue weighted by atomic mass is 10.3. The van der Waals surface area contributed by atoms with Crippen LogP contribution < -0.4 is 0 Å². The summed E-state index contributed by atoms with van der Waals surface area (Å²) in [6, 6.07) is 3.54. The molecule has 0 fully saturated rings.